The molecule has 0 spiro atoms. The highest BCUT2D eigenvalue weighted by molar-refractivity contribution is 6.31. The Bertz CT molecular complexity index is 1090. The third-order valence-corrected chi connectivity index (χ3v) is 5.08. The van der Waals surface area contributed by atoms with E-state index in [4.69, 9.17) is 16.3 Å². The fourth-order valence-corrected chi connectivity index (χ4v) is 3.20. The molecule has 6 heteroatoms. The van der Waals surface area contributed by atoms with Crippen LogP contribution in [0.25, 0.3) is 11.1 Å². The SMILES string of the molecule is CC(C)(C)c1ccc(OCc2cc(-c3ccc(F)c(Cl)c3)cc(C(=O)O)c2O)cc1. The monoisotopic (exact) mass is 428 g/mol. The zero-order valence-corrected chi connectivity index (χ0v) is 17.6. The van der Waals surface area contributed by atoms with E-state index in [1.54, 1.807) is 6.07 Å². The van der Waals surface area contributed by atoms with Crippen LogP contribution < -0.4 is 4.74 Å². The van der Waals surface area contributed by atoms with E-state index in [0.29, 0.717) is 22.4 Å². The second-order valence-electron chi connectivity index (χ2n) is 8.03. The Morgan fingerprint density at radius 3 is 2.27 bits per heavy atom. The van der Waals surface area contributed by atoms with E-state index in [0.717, 1.165) is 5.56 Å². The fourth-order valence-electron chi connectivity index (χ4n) is 3.02. The number of aromatic hydroxyl groups is 1. The van der Waals surface area contributed by atoms with E-state index in [1.165, 1.54) is 24.3 Å². The summed E-state index contributed by atoms with van der Waals surface area (Å²) >= 11 is 5.86. The third-order valence-electron chi connectivity index (χ3n) is 4.79. The van der Waals surface area contributed by atoms with Crippen LogP contribution in [0.15, 0.2) is 54.6 Å². The maximum atomic E-state index is 13.5. The Morgan fingerprint density at radius 1 is 1.03 bits per heavy atom. The highest BCUT2D eigenvalue weighted by Crippen LogP contribution is 2.33. The van der Waals surface area contributed by atoms with Crippen LogP contribution in [0, 0.1) is 5.82 Å². The van der Waals surface area contributed by atoms with Crippen LogP contribution in [0.2, 0.25) is 5.02 Å². The van der Waals surface area contributed by atoms with Crippen molar-refractivity contribution in [3.05, 3.63) is 82.1 Å². The van der Waals surface area contributed by atoms with Gasteiger partial charge in [-0.1, -0.05) is 50.6 Å². The fraction of sp³-hybridized carbons (Fsp3) is 0.208. The van der Waals surface area contributed by atoms with Gasteiger partial charge in [-0.2, -0.15) is 0 Å². The van der Waals surface area contributed by atoms with Gasteiger partial charge in [0.05, 0.1) is 5.02 Å². The Morgan fingerprint density at radius 2 is 1.70 bits per heavy atom. The third kappa shape index (κ3) is 4.74. The van der Waals surface area contributed by atoms with Crippen molar-refractivity contribution in [3.8, 4) is 22.6 Å². The first-order valence-corrected chi connectivity index (χ1v) is 9.72. The molecule has 0 atom stereocenters. The Hall–Kier alpha value is -3.05. The maximum absolute atomic E-state index is 13.5. The van der Waals surface area contributed by atoms with Crippen molar-refractivity contribution >= 4 is 17.6 Å². The zero-order chi connectivity index (χ0) is 22.1. The molecule has 0 aliphatic rings. The van der Waals surface area contributed by atoms with E-state index in [2.05, 4.69) is 20.8 Å². The van der Waals surface area contributed by atoms with Gasteiger partial charge in [-0.05, 0) is 58.5 Å². The molecule has 0 fully saturated rings. The van der Waals surface area contributed by atoms with Gasteiger partial charge in [-0.25, -0.2) is 9.18 Å². The van der Waals surface area contributed by atoms with E-state index in [-0.39, 0.29) is 28.4 Å². The summed E-state index contributed by atoms with van der Waals surface area (Å²) in [5, 5.41) is 19.8. The number of hydrogen-bond donors (Lipinski definition) is 2. The summed E-state index contributed by atoms with van der Waals surface area (Å²) < 4.78 is 19.3. The Kier molecular flexibility index (Phi) is 6.04. The first-order chi connectivity index (χ1) is 14.1. The molecule has 4 nitrogen and oxygen atoms in total. The second-order valence-corrected chi connectivity index (χ2v) is 8.44. The van der Waals surface area contributed by atoms with Crippen LogP contribution in [0.3, 0.4) is 0 Å². The number of aromatic carboxylic acids is 1. The molecule has 3 rings (SSSR count). The first kappa shape index (κ1) is 21.7. The molecule has 0 aliphatic carbocycles. The number of carboxylic acid groups (broad SMARTS) is 1. The molecule has 0 saturated carbocycles. The molecule has 156 valence electrons. The molecule has 3 aromatic rings. The van der Waals surface area contributed by atoms with Crippen LogP contribution in [0.1, 0.15) is 42.3 Å². The second kappa shape index (κ2) is 8.36. The Balaban J connectivity index is 1.92. The van der Waals surface area contributed by atoms with Gasteiger partial charge in [0, 0.05) is 5.56 Å². The number of benzene rings is 3. The average molecular weight is 429 g/mol. The summed E-state index contributed by atoms with van der Waals surface area (Å²) in [6.07, 6.45) is 0. The van der Waals surface area contributed by atoms with Crippen LogP contribution in [0.4, 0.5) is 4.39 Å². The molecular formula is C24H22ClFO4. The summed E-state index contributed by atoms with van der Waals surface area (Å²) in [4.78, 5) is 11.6. The minimum Gasteiger partial charge on any atom is -0.507 e. The number of rotatable bonds is 5. The van der Waals surface area contributed by atoms with Crippen molar-refractivity contribution in [2.24, 2.45) is 0 Å². The van der Waals surface area contributed by atoms with Gasteiger partial charge in [-0.3, -0.25) is 0 Å². The summed E-state index contributed by atoms with van der Waals surface area (Å²) in [5.74, 6) is -1.63. The molecule has 0 heterocycles. The summed E-state index contributed by atoms with van der Waals surface area (Å²) in [7, 11) is 0. The molecule has 0 saturated heterocycles. The molecule has 0 radical (unpaired) electrons. The highest BCUT2D eigenvalue weighted by Gasteiger charge is 2.18. The van der Waals surface area contributed by atoms with Crippen molar-refractivity contribution in [2.75, 3.05) is 0 Å². The van der Waals surface area contributed by atoms with E-state index in [1.807, 2.05) is 24.3 Å². The highest BCUT2D eigenvalue weighted by atomic mass is 35.5. The summed E-state index contributed by atoms with van der Waals surface area (Å²) in [6.45, 7) is 6.30. The lowest BCUT2D eigenvalue weighted by Gasteiger charge is -2.19. The zero-order valence-electron chi connectivity index (χ0n) is 16.9. The standard InChI is InChI=1S/C24H22ClFO4/c1-24(2,3)17-5-7-18(8-6-17)30-13-16-10-15(11-19(22(16)27)23(28)29)14-4-9-21(26)20(25)12-14/h4-12,27H,13H2,1-3H3,(H,28,29). The minimum absolute atomic E-state index is 0.0119. The lowest BCUT2D eigenvalue weighted by atomic mass is 9.87. The first-order valence-electron chi connectivity index (χ1n) is 9.34. The predicted molar refractivity (Wildman–Crippen MR) is 115 cm³/mol. The molecule has 2 N–H and O–H groups in total. The van der Waals surface area contributed by atoms with Crippen LogP contribution >= 0.6 is 11.6 Å². The maximum Gasteiger partial charge on any atom is 0.339 e. The predicted octanol–water partition coefficient (Wildman–Crippen LogP) is 6.43. The van der Waals surface area contributed by atoms with Gasteiger partial charge in [0.1, 0.15) is 29.5 Å². The number of carbonyl (C=O) groups is 1. The lowest BCUT2D eigenvalue weighted by molar-refractivity contribution is 0.0693. The van der Waals surface area contributed by atoms with E-state index >= 15 is 0 Å². The molecule has 3 aromatic carbocycles. The smallest absolute Gasteiger partial charge is 0.339 e. The lowest BCUT2D eigenvalue weighted by Crippen LogP contribution is -2.10. The van der Waals surface area contributed by atoms with Gasteiger partial charge in [0.2, 0.25) is 0 Å². The average Bonchev–Trinajstić information content (AvgIpc) is 2.68. The normalized spacial score (nSPS) is 11.4. The minimum atomic E-state index is -1.28. The van der Waals surface area contributed by atoms with Crippen LogP contribution in [0.5, 0.6) is 11.5 Å². The Labute approximate surface area is 179 Å². The molecule has 0 bridgehead atoms. The van der Waals surface area contributed by atoms with Crippen LogP contribution in [-0.2, 0) is 12.0 Å². The van der Waals surface area contributed by atoms with Crippen molar-refractivity contribution in [2.45, 2.75) is 32.8 Å². The number of hydrogen-bond acceptors (Lipinski definition) is 3. The summed E-state index contributed by atoms with van der Waals surface area (Å²) in [6, 6.07) is 14.6. The molecule has 0 unspecified atom stereocenters. The van der Waals surface area contributed by atoms with Crippen molar-refractivity contribution in [1.29, 1.82) is 0 Å². The molecule has 0 aliphatic heterocycles. The quantitative estimate of drug-likeness (QED) is 0.491. The van der Waals surface area contributed by atoms with Gasteiger partial charge >= 0.3 is 5.97 Å². The number of carboxylic acids is 1. The number of ether oxygens (including phenoxy) is 1. The molecular weight excluding hydrogens is 407 g/mol. The largest absolute Gasteiger partial charge is 0.507 e. The number of phenols is 1. The molecule has 0 amide bonds. The van der Waals surface area contributed by atoms with Crippen LogP contribution in [-0.4, -0.2) is 16.2 Å². The summed E-state index contributed by atoms with van der Waals surface area (Å²) in [5.41, 5.74) is 2.20. The van der Waals surface area contributed by atoms with Crippen molar-refractivity contribution < 1.29 is 24.1 Å². The van der Waals surface area contributed by atoms with Gasteiger partial charge in [0.15, 0.2) is 0 Å². The number of halogens is 2. The van der Waals surface area contributed by atoms with E-state index in [9.17, 15) is 19.4 Å². The topological polar surface area (TPSA) is 66.8 Å². The van der Waals surface area contributed by atoms with Crippen molar-refractivity contribution in [1.82, 2.24) is 0 Å². The molecule has 0 aromatic heterocycles. The van der Waals surface area contributed by atoms with Crippen molar-refractivity contribution in [3.63, 3.8) is 0 Å². The molecule has 30 heavy (non-hydrogen) atoms. The van der Waals surface area contributed by atoms with Gasteiger partial charge < -0.3 is 14.9 Å². The van der Waals surface area contributed by atoms with E-state index < -0.39 is 11.8 Å². The van der Waals surface area contributed by atoms with Gasteiger partial charge in [0.25, 0.3) is 0 Å². The van der Waals surface area contributed by atoms with Gasteiger partial charge in [-0.15, -0.1) is 0 Å².